The summed E-state index contributed by atoms with van der Waals surface area (Å²) in [5.41, 5.74) is 0. The van der Waals surface area contributed by atoms with Crippen LogP contribution in [0.15, 0.2) is 0 Å². The second-order valence-corrected chi connectivity index (χ2v) is 4.83. The Morgan fingerprint density at radius 2 is 1.86 bits per heavy atom. The van der Waals surface area contributed by atoms with Crippen molar-refractivity contribution < 1.29 is 23.1 Å². The van der Waals surface area contributed by atoms with E-state index in [1.54, 1.807) is 13.8 Å². The Bertz CT molecular complexity index is 178. The van der Waals surface area contributed by atoms with Crippen molar-refractivity contribution in [1.82, 2.24) is 0 Å². The van der Waals surface area contributed by atoms with Crippen LogP contribution in [0, 0.1) is 0 Å². The largest absolute Gasteiger partial charge is 0.396 e. The number of rotatable bonds is 8. The zero-order chi connectivity index (χ0) is 11.0. The molecule has 0 rings (SSSR count). The van der Waals surface area contributed by atoms with Crippen molar-refractivity contribution in [3.8, 4) is 0 Å². The van der Waals surface area contributed by atoms with Gasteiger partial charge in [-0.3, -0.25) is 4.57 Å². The van der Waals surface area contributed by atoms with Crippen LogP contribution in [-0.2, 0) is 13.6 Å². The molecule has 86 valence electrons. The molecule has 0 aromatic heterocycles. The lowest BCUT2D eigenvalue weighted by Gasteiger charge is -2.20. The summed E-state index contributed by atoms with van der Waals surface area (Å²) in [7, 11) is -3.62. The van der Waals surface area contributed by atoms with Crippen LogP contribution >= 0.6 is 7.60 Å². The molecule has 0 amide bonds. The number of aliphatic hydroxyl groups excluding tert-OH is 1. The van der Waals surface area contributed by atoms with E-state index in [9.17, 15) is 8.96 Å². The van der Waals surface area contributed by atoms with Crippen LogP contribution in [0.3, 0.4) is 0 Å². The fraction of sp³-hybridized carbons (Fsp3) is 1.00. The minimum absolute atomic E-state index is 0.00617. The first-order valence-corrected chi connectivity index (χ1v) is 6.35. The van der Waals surface area contributed by atoms with Crippen molar-refractivity contribution in [2.24, 2.45) is 0 Å². The summed E-state index contributed by atoms with van der Waals surface area (Å²) in [5, 5.41) is 8.50. The van der Waals surface area contributed by atoms with Crippen LogP contribution in [0.5, 0.6) is 0 Å². The molecule has 0 aromatic carbocycles. The Hall–Kier alpha value is 0.0400. The average Bonchev–Trinajstić information content (AvgIpc) is 2.15. The molecule has 0 saturated carbocycles. The first kappa shape index (κ1) is 14.0. The van der Waals surface area contributed by atoms with Gasteiger partial charge in [0.15, 0.2) is 0 Å². The molecular formula is C8H18FO4P. The second kappa shape index (κ2) is 7.35. The number of hydrogen-bond donors (Lipinski definition) is 1. The predicted octanol–water partition coefficient (Wildman–Crippen LogP) is 2.32. The third kappa shape index (κ3) is 4.51. The summed E-state index contributed by atoms with van der Waals surface area (Å²) >= 11 is 0. The molecule has 1 atom stereocenters. The summed E-state index contributed by atoms with van der Waals surface area (Å²) in [5.74, 6) is -1.64. The summed E-state index contributed by atoms with van der Waals surface area (Å²) in [6.45, 7) is 3.43. The summed E-state index contributed by atoms with van der Waals surface area (Å²) < 4.78 is 34.7. The molecule has 0 aliphatic rings. The van der Waals surface area contributed by atoms with Crippen molar-refractivity contribution in [3.63, 3.8) is 0 Å². The molecule has 0 saturated heterocycles. The summed E-state index contributed by atoms with van der Waals surface area (Å²) in [6.07, 6.45) is 0.249. The van der Waals surface area contributed by atoms with Crippen molar-refractivity contribution in [2.45, 2.75) is 32.6 Å². The first-order valence-electron chi connectivity index (χ1n) is 4.74. The lowest BCUT2D eigenvalue weighted by atomic mass is 10.3. The van der Waals surface area contributed by atoms with E-state index < -0.39 is 13.5 Å². The highest BCUT2D eigenvalue weighted by Crippen LogP contribution is 2.55. The van der Waals surface area contributed by atoms with Gasteiger partial charge in [0.25, 0.3) is 0 Å². The van der Waals surface area contributed by atoms with Crippen molar-refractivity contribution in [3.05, 3.63) is 0 Å². The molecule has 1 unspecified atom stereocenters. The molecule has 0 radical (unpaired) electrons. The lowest BCUT2D eigenvalue weighted by molar-refractivity contribution is 0.181. The highest BCUT2D eigenvalue weighted by atomic mass is 31.2. The van der Waals surface area contributed by atoms with E-state index in [2.05, 4.69) is 0 Å². The molecule has 4 nitrogen and oxygen atoms in total. The summed E-state index contributed by atoms with van der Waals surface area (Å²) in [4.78, 5) is 0. The van der Waals surface area contributed by atoms with Crippen molar-refractivity contribution in [2.75, 3.05) is 19.8 Å². The first-order chi connectivity index (χ1) is 6.60. The molecule has 14 heavy (non-hydrogen) atoms. The molecule has 0 spiro atoms. The van der Waals surface area contributed by atoms with Gasteiger partial charge >= 0.3 is 7.60 Å². The zero-order valence-corrected chi connectivity index (χ0v) is 9.50. The third-order valence-corrected chi connectivity index (χ3v) is 3.74. The van der Waals surface area contributed by atoms with Crippen LogP contribution in [0.2, 0.25) is 0 Å². The zero-order valence-electron chi connectivity index (χ0n) is 8.61. The topological polar surface area (TPSA) is 55.8 Å². The van der Waals surface area contributed by atoms with Gasteiger partial charge in [0.1, 0.15) is 0 Å². The van der Waals surface area contributed by atoms with Gasteiger partial charge in [0.05, 0.1) is 13.2 Å². The van der Waals surface area contributed by atoms with Gasteiger partial charge < -0.3 is 14.2 Å². The van der Waals surface area contributed by atoms with Gasteiger partial charge in [-0.1, -0.05) is 0 Å². The van der Waals surface area contributed by atoms with Gasteiger partial charge in [0.2, 0.25) is 5.91 Å². The van der Waals surface area contributed by atoms with Gasteiger partial charge in [-0.05, 0) is 26.7 Å². The van der Waals surface area contributed by atoms with Crippen molar-refractivity contribution >= 4 is 7.60 Å². The van der Waals surface area contributed by atoms with Gasteiger partial charge in [0, 0.05) is 6.61 Å². The fourth-order valence-corrected chi connectivity index (χ4v) is 2.59. The van der Waals surface area contributed by atoms with E-state index >= 15 is 0 Å². The number of hydrogen-bond acceptors (Lipinski definition) is 4. The molecule has 0 aromatic rings. The minimum Gasteiger partial charge on any atom is -0.396 e. The average molecular weight is 228 g/mol. The number of alkyl halides is 1. The summed E-state index contributed by atoms with van der Waals surface area (Å²) in [6, 6.07) is 0. The van der Waals surface area contributed by atoms with Crippen LogP contribution in [0.25, 0.3) is 0 Å². The Morgan fingerprint density at radius 1 is 1.36 bits per heavy atom. The minimum atomic E-state index is -3.62. The molecule has 0 aliphatic heterocycles. The highest BCUT2D eigenvalue weighted by molar-refractivity contribution is 7.54. The van der Waals surface area contributed by atoms with E-state index in [0.29, 0.717) is 0 Å². The van der Waals surface area contributed by atoms with Crippen LogP contribution < -0.4 is 0 Å². The molecule has 0 heterocycles. The Morgan fingerprint density at radius 3 is 2.21 bits per heavy atom. The predicted molar refractivity (Wildman–Crippen MR) is 52.1 cm³/mol. The van der Waals surface area contributed by atoms with E-state index in [1.165, 1.54) is 0 Å². The number of aliphatic hydroxyl groups is 1. The number of halogens is 1. The SMILES string of the molecule is CCOP(=O)(OCC)C(F)CCCO. The normalized spacial score (nSPS) is 14.3. The molecule has 6 heteroatoms. The van der Waals surface area contributed by atoms with E-state index in [0.717, 1.165) is 0 Å². The van der Waals surface area contributed by atoms with E-state index in [4.69, 9.17) is 14.2 Å². The van der Waals surface area contributed by atoms with Gasteiger partial charge in [-0.15, -0.1) is 0 Å². The Labute approximate surface area is 83.9 Å². The van der Waals surface area contributed by atoms with Crippen LogP contribution in [0.4, 0.5) is 4.39 Å². The smallest absolute Gasteiger partial charge is 0.364 e. The van der Waals surface area contributed by atoms with E-state index in [1.807, 2.05) is 0 Å². The maximum Gasteiger partial charge on any atom is 0.364 e. The maximum absolute atomic E-state index is 13.4. The molecule has 0 aliphatic carbocycles. The molecular weight excluding hydrogens is 210 g/mol. The fourth-order valence-electron chi connectivity index (χ4n) is 0.977. The Balaban J connectivity index is 4.23. The molecule has 1 N–H and O–H groups in total. The van der Waals surface area contributed by atoms with Gasteiger partial charge in [-0.2, -0.15) is 0 Å². The van der Waals surface area contributed by atoms with Crippen molar-refractivity contribution in [1.29, 1.82) is 0 Å². The van der Waals surface area contributed by atoms with Gasteiger partial charge in [-0.25, -0.2) is 4.39 Å². The third-order valence-electron chi connectivity index (χ3n) is 1.56. The monoisotopic (exact) mass is 228 g/mol. The van der Waals surface area contributed by atoms with E-state index in [-0.39, 0.29) is 32.7 Å². The Kier molecular flexibility index (Phi) is 7.37. The lowest BCUT2D eigenvalue weighted by Crippen LogP contribution is -2.09. The highest BCUT2D eigenvalue weighted by Gasteiger charge is 2.35. The quantitative estimate of drug-likeness (QED) is 0.648. The van der Waals surface area contributed by atoms with Crippen LogP contribution in [-0.4, -0.2) is 30.8 Å². The molecule has 0 fully saturated rings. The second-order valence-electron chi connectivity index (χ2n) is 2.68. The standard InChI is InChI=1S/C8H18FO4P/c1-3-12-14(11,13-4-2)8(9)6-5-7-10/h8,10H,3-7H2,1-2H3. The van der Waals surface area contributed by atoms with Crippen LogP contribution in [0.1, 0.15) is 26.7 Å². The maximum atomic E-state index is 13.4. The molecule has 0 bridgehead atoms.